The van der Waals surface area contributed by atoms with E-state index in [-0.39, 0.29) is 48.9 Å². The van der Waals surface area contributed by atoms with Crippen molar-refractivity contribution in [1.82, 2.24) is 4.98 Å². The fraction of sp³-hybridized carbons (Fsp3) is 0.520. The minimum atomic E-state index is -3.17. The van der Waals surface area contributed by atoms with E-state index in [0.29, 0.717) is 15.9 Å². The molecule has 4 aromatic rings. The molecule has 57 heavy (non-hydrogen) atoms. The number of aliphatic hydroxyl groups is 1. The van der Waals surface area contributed by atoms with E-state index in [4.69, 9.17) is 4.98 Å². The minimum absolute atomic E-state index is 0. The maximum Gasteiger partial charge on any atom is 0 e. The van der Waals surface area contributed by atoms with E-state index >= 15 is 0 Å². The third-order valence-corrected chi connectivity index (χ3v) is 26.2. The minimum Gasteiger partial charge on any atom is 0 e. The smallest absolute Gasteiger partial charge is 0 e. The van der Waals surface area contributed by atoms with Gasteiger partial charge in [0.1, 0.15) is 0 Å². The summed E-state index contributed by atoms with van der Waals surface area (Å²) in [7, 11) is 0. The Morgan fingerprint density at radius 3 is 1.93 bits per heavy atom. The molecule has 3 aromatic carbocycles. The Hall–Kier alpha value is -2.67. The van der Waals surface area contributed by atoms with Crippen molar-refractivity contribution in [3.05, 3.63) is 89.3 Å². The molecule has 0 saturated heterocycles. The van der Waals surface area contributed by atoms with E-state index in [1.54, 1.807) is 13.8 Å². The number of hydrogen-bond donors (Lipinski definition) is 1. The van der Waals surface area contributed by atoms with Crippen molar-refractivity contribution >= 4 is 38.6 Å². The predicted molar refractivity (Wildman–Crippen MR) is 237 cm³/mol. The van der Waals surface area contributed by atoms with Gasteiger partial charge in [0.15, 0.2) is 5.78 Å². The summed E-state index contributed by atoms with van der Waals surface area (Å²) in [6.45, 7) is 30.0. The van der Waals surface area contributed by atoms with Gasteiger partial charge in [-0.1, -0.05) is 27.7 Å². The number of carbonyl (C=O) groups excluding carboxylic acids is 1. The summed E-state index contributed by atoms with van der Waals surface area (Å²) in [6.07, 6.45) is 4.86. The van der Waals surface area contributed by atoms with Crippen molar-refractivity contribution in [3.8, 4) is 22.4 Å². The Morgan fingerprint density at radius 1 is 0.842 bits per heavy atom. The second kappa shape index (κ2) is 19.6. The van der Waals surface area contributed by atoms with Crippen molar-refractivity contribution in [1.29, 1.82) is 0 Å². The van der Waals surface area contributed by atoms with E-state index < -0.39 is 25.1 Å². The van der Waals surface area contributed by atoms with Crippen LogP contribution in [0.25, 0.3) is 33.2 Å². The van der Waals surface area contributed by atoms with Crippen LogP contribution < -0.4 is 8.79 Å². The molecule has 1 aliphatic heterocycles. The third-order valence-electron chi connectivity index (χ3n) is 12.6. The fourth-order valence-corrected chi connectivity index (χ4v) is 23.1. The average Bonchev–Trinajstić information content (AvgIpc) is 3.45. The van der Waals surface area contributed by atoms with Crippen LogP contribution in [0, 0.1) is 30.2 Å². The summed E-state index contributed by atoms with van der Waals surface area (Å²) in [5.41, 5.74) is 7.16. The van der Waals surface area contributed by atoms with Crippen LogP contribution in [0.1, 0.15) is 132 Å². The van der Waals surface area contributed by atoms with Gasteiger partial charge in [0.05, 0.1) is 5.76 Å². The number of hydrogen-bond acceptors (Lipinski definition) is 3. The number of rotatable bonds is 13. The fourth-order valence-electron chi connectivity index (χ4n) is 9.29. The van der Waals surface area contributed by atoms with Crippen LogP contribution in [0.2, 0.25) is 9.50 Å². The van der Waals surface area contributed by atoms with Crippen molar-refractivity contribution in [2.75, 3.05) is 0 Å². The number of fused-ring (bicyclic) bond motifs is 4. The number of halogens is 2. The average molecular weight is 1020 g/mol. The molecule has 1 aromatic heterocycles. The van der Waals surface area contributed by atoms with Gasteiger partial charge in [-0.3, -0.25) is 4.79 Å². The topological polar surface area (TPSA) is 50.2 Å². The number of pyridine rings is 1. The summed E-state index contributed by atoms with van der Waals surface area (Å²) >= 11 is -3.17. The van der Waals surface area contributed by atoms with Gasteiger partial charge in [-0.05, 0) is 25.7 Å². The van der Waals surface area contributed by atoms with Gasteiger partial charge in [-0.15, -0.1) is 0 Å². The van der Waals surface area contributed by atoms with E-state index in [1.165, 1.54) is 42.5 Å². The van der Waals surface area contributed by atoms with Gasteiger partial charge in [0.25, 0.3) is 0 Å². The largest absolute Gasteiger partial charge is 0 e. The van der Waals surface area contributed by atoms with Crippen LogP contribution in [0.4, 0.5) is 8.78 Å². The number of aliphatic hydroxyl groups excluding tert-OH is 1. The summed E-state index contributed by atoms with van der Waals surface area (Å²) < 4.78 is 31.8. The zero-order valence-corrected chi connectivity index (χ0v) is 41.6. The molecule has 0 atom stereocenters. The monoisotopic (exact) mass is 1020 g/mol. The number of allylic oxidation sites excluding steroid dienone is 2. The predicted octanol–water partition coefficient (Wildman–Crippen LogP) is 13.4. The molecule has 313 valence electrons. The van der Waals surface area contributed by atoms with Crippen molar-refractivity contribution < 1.29 is 38.8 Å². The number of carbonyl (C=O) groups is 1. The number of ketones is 1. The molecule has 1 N–H and O–H groups in total. The van der Waals surface area contributed by atoms with E-state index in [2.05, 4.69) is 110 Å². The zero-order chi connectivity index (χ0) is 41.9. The molecule has 0 fully saturated rings. The summed E-state index contributed by atoms with van der Waals surface area (Å²) in [5, 5.41) is 12.1. The number of nitrogens with zero attached hydrogens (tertiary/aromatic N) is 1. The van der Waals surface area contributed by atoms with E-state index in [1.807, 2.05) is 33.9 Å². The number of alkyl halides is 2. The first-order chi connectivity index (χ1) is 26.2. The van der Waals surface area contributed by atoms with Crippen LogP contribution in [-0.4, -0.2) is 35.6 Å². The van der Waals surface area contributed by atoms with Crippen LogP contribution >= 0.6 is 0 Å². The molecule has 0 spiro atoms. The quantitative estimate of drug-likeness (QED) is 0.0628. The van der Waals surface area contributed by atoms with Gasteiger partial charge in [0, 0.05) is 38.0 Å². The van der Waals surface area contributed by atoms with E-state index in [9.17, 15) is 18.7 Å². The Balaban J connectivity index is 0.000000464. The van der Waals surface area contributed by atoms with Gasteiger partial charge >= 0.3 is 249 Å². The van der Waals surface area contributed by atoms with Crippen molar-refractivity contribution in [2.45, 2.75) is 150 Å². The molecule has 7 heteroatoms. The van der Waals surface area contributed by atoms with Crippen LogP contribution in [0.3, 0.4) is 0 Å². The van der Waals surface area contributed by atoms with Gasteiger partial charge in [-0.25, -0.2) is 0 Å². The molecule has 0 amide bonds. The molecule has 1 aliphatic rings. The Labute approximate surface area is 359 Å². The Bertz CT molecular complexity index is 2030. The molecule has 5 rings (SSSR count). The van der Waals surface area contributed by atoms with Gasteiger partial charge in [0.2, 0.25) is 0 Å². The molecular weight excluding hydrogens is 949 g/mol. The SMILES string of the molecule is CCC(CC)C(=O)/C=C(\O)C(CC)CC.Cc1c(CC(C)(C)C(F)F)ccc2[c]1[Ge]([CH](C)C)([CH](C)C)[c]1c-2ccnc1-c1[c-]c2ccccc2c(C(C)(C)C)c1.[Ir]. The molecule has 0 bridgehead atoms. The molecule has 2 heterocycles. The summed E-state index contributed by atoms with van der Waals surface area (Å²) in [5.74, 6) is 0.547. The van der Waals surface area contributed by atoms with Gasteiger partial charge in [-0.2, -0.15) is 0 Å². The third kappa shape index (κ3) is 9.71. The molecule has 3 nitrogen and oxygen atoms in total. The van der Waals surface area contributed by atoms with Crippen LogP contribution in [-0.2, 0) is 36.7 Å². The second-order valence-corrected chi connectivity index (χ2v) is 29.0. The standard InChI is InChI=1S/C37H44F2GeN.C13H24O2.Ir/c1-22(2)40(23(3)4)32-24(5)26(21-37(9,10)35(38)39)15-16-29(32)30-17-18-41-34(33(30)40)27-19-25-13-11-12-14-28(25)31(20-27)36(6,7)8;1-5-10(6-2)12(14)9-13(15)11(7-3)8-4;/h11-18,20,22-23,35H,21H2,1-10H3;9-11,14H,5-8H2,1-4H3;/q-1;;/b;12-9-;. The first-order valence-electron chi connectivity index (χ1n) is 21.0. The van der Waals surface area contributed by atoms with Crippen molar-refractivity contribution in [2.24, 2.45) is 17.3 Å². The Morgan fingerprint density at radius 2 is 1.40 bits per heavy atom. The summed E-state index contributed by atoms with van der Waals surface area (Å²) in [4.78, 5) is 16.9. The normalized spacial score (nSPS) is 13.9. The molecule has 1 radical (unpaired) electrons. The Kier molecular flexibility index (Phi) is 16.7. The zero-order valence-electron chi connectivity index (χ0n) is 37.1. The van der Waals surface area contributed by atoms with E-state index in [0.717, 1.165) is 47.9 Å². The van der Waals surface area contributed by atoms with Crippen LogP contribution in [0.5, 0.6) is 0 Å². The van der Waals surface area contributed by atoms with Crippen LogP contribution in [0.15, 0.2) is 66.6 Å². The molecule has 0 aliphatic carbocycles. The number of benzene rings is 3. The van der Waals surface area contributed by atoms with Crippen molar-refractivity contribution in [3.63, 3.8) is 0 Å². The van der Waals surface area contributed by atoms with Gasteiger partial charge < -0.3 is 5.11 Å². The maximum atomic E-state index is 14.0. The summed E-state index contributed by atoms with van der Waals surface area (Å²) in [6, 6.07) is 21.2. The first-order valence-corrected chi connectivity index (χ1v) is 25.6. The number of aromatic nitrogens is 1. The second-order valence-electron chi connectivity index (χ2n) is 18.4. The molecular formula is C50H68F2GeIrNO2-. The molecule has 0 saturated carbocycles. The maximum absolute atomic E-state index is 14.0. The molecule has 0 unspecified atom stereocenters. The first kappa shape index (κ1) is 48.7.